The number of azide groups is 1. The van der Waals surface area contributed by atoms with Crippen molar-refractivity contribution >= 4 is 17.5 Å². The highest BCUT2D eigenvalue weighted by atomic mass is 35.5. The summed E-state index contributed by atoms with van der Waals surface area (Å²) < 4.78 is 13.4. The standard InChI is InChI=1S/C10H10ClFN4O/c11-8-4-1-3-7(9(8)12)10(17)14-5-2-6-15-16-13/h1,3-4H,2,5-6H2,(H,14,17). The second kappa shape index (κ2) is 6.73. The van der Waals surface area contributed by atoms with Crippen molar-refractivity contribution in [2.45, 2.75) is 6.42 Å². The zero-order valence-corrected chi connectivity index (χ0v) is 9.62. The van der Waals surface area contributed by atoms with Crippen molar-refractivity contribution in [3.05, 3.63) is 45.0 Å². The van der Waals surface area contributed by atoms with E-state index in [2.05, 4.69) is 15.3 Å². The van der Waals surface area contributed by atoms with E-state index in [1.165, 1.54) is 18.2 Å². The SMILES string of the molecule is [N-]=[N+]=NCCCNC(=O)c1cccc(Cl)c1F. The number of halogens is 2. The van der Waals surface area contributed by atoms with Gasteiger partial charge in [0.25, 0.3) is 5.91 Å². The lowest BCUT2D eigenvalue weighted by atomic mass is 10.2. The topological polar surface area (TPSA) is 77.9 Å². The van der Waals surface area contributed by atoms with Gasteiger partial charge in [-0.1, -0.05) is 22.8 Å². The smallest absolute Gasteiger partial charge is 0.254 e. The first-order valence-electron chi connectivity index (χ1n) is 4.90. The number of nitrogens with one attached hydrogen (secondary N) is 1. The van der Waals surface area contributed by atoms with Crippen LogP contribution in [0.4, 0.5) is 4.39 Å². The molecule has 5 nitrogen and oxygen atoms in total. The van der Waals surface area contributed by atoms with Gasteiger partial charge in [0.15, 0.2) is 5.82 Å². The lowest BCUT2D eigenvalue weighted by Gasteiger charge is -2.05. The van der Waals surface area contributed by atoms with Gasteiger partial charge in [0.1, 0.15) is 0 Å². The van der Waals surface area contributed by atoms with Gasteiger partial charge in [-0.3, -0.25) is 4.79 Å². The van der Waals surface area contributed by atoms with Crippen LogP contribution >= 0.6 is 11.6 Å². The van der Waals surface area contributed by atoms with Gasteiger partial charge in [0.05, 0.1) is 10.6 Å². The second-order valence-electron chi connectivity index (χ2n) is 3.17. The third kappa shape index (κ3) is 3.94. The maximum absolute atomic E-state index is 13.4. The van der Waals surface area contributed by atoms with Crippen molar-refractivity contribution in [1.29, 1.82) is 0 Å². The predicted octanol–water partition coefficient (Wildman–Crippen LogP) is 2.91. The average Bonchev–Trinajstić information content (AvgIpc) is 2.32. The first-order valence-corrected chi connectivity index (χ1v) is 5.27. The van der Waals surface area contributed by atoms with Crippen LogP contribution in [-0.4, -0.2) is 19.0 Å². The summed E-state index contributed by atoms with van der Waals surface area (Å²) in [5.74, 6) is -1.27. The van der Waals surface area contributed by atoms with Crippen molar-refractivity contribution in [2.75, 3.05) is 13.1 Å². The molecule has 0 bridgehead atoms. The molecular weight excluding hydrogens is 247 g/mol. The second-order valence-corrected chi connectivity index (χ2v) is 3.57. The molecule has 1 amide bonds. The molecule has 0 heterocycles. The Balaban J connectivity index is 2.52. The number of rotatable bonds is 5. The third-order valence-corrected chi connectivity index (χ3v) is 2.27. The van der Waals surface area contributed by atoms with Crippen LogP contribution in [0.15, 0.2) is 23.3 Å². The zero-order valence-electron chi connectivity index (χ0n) is 8.86. The van der Waals surface area contributed by atoms with Crippen LogP contribution in [0.3, 0.4) is 0 Å². The van der Waals surface area contributed by atoms with E-state index in [0.29, 0.717) is 13.0 Å². The van der Waals surface area contributed by atoms with Crippen LogP contribution in [0.1, 0.15) is 16.8 Å². The molecule has 0 unspecified atom stereocenters. The van der Waals surface area contributed by atoms with Crippen molar-refractivity contribution in [1.82, 2.24) is 5.32 Å². The number of hydrogen-bond acceptors (Lipinski definition) is 2. The predicted molar refractivity (Wildman–Crippen MR) is 62.4 cm³/mol. The molecule has 0 aliphatic rings. The van der Waals surface area contributed by atoms with E-state index in [9.17, 15) is 9.18 Å². The highest BCUT2D eigenvalue weighted by Crippen LogP contribution is 2.17. The fourth-order valence-corrected chi connectivity index (χ4v) is 1.35. The Morgan fingerprint density at radius 2 is 2.35 bits per heavy atom. The summed E-state index contributed by atoms with van der Waals surface area (Å²) in [4.78, 5) is 14.1. The number of amides is 1. The van der Waals surface area contributed by atoms with Gasteiger partial charge < -0.3 is 5.32 Å². The van der Waals surface area contributed by atoms with E-state index in [4.69, 9.17) is 17.1 Å². The van der Waals surface area contributed by atoms with Crippen LogP contribution in [-0.2, 0) is 0 Å². The minimum absolute atomic E-state index is 0.0910. The molecule has 0 aliphatic carbocycles. The van der Waals surface area contributed by atoms with Crippen LogP contribution < -0.4 is 5.32 Å². The minimum Gasteiger partial charge on any atom is -0.352 e. The fourth-order valence-electron chi connectivity index (χ4n) is 1.17. The molecule has 90 valence electrons. The molecule has 0 saturated heterocycles. The summed E-state index contributed by atoms with van der Waals surface area (Å²) in [6.45, 7) is 0.596. The summed E-state index contributed by atoms with van der Waals surface area (Å²) in [7, 11) is 0. The molecule has 0 fully saturated rings. The number of hydrogen-bond donors (Lipinski definition) is 1. The van der Waals surface area contributed by atoms with Gasteiger partial charge in [-0.2, -0.15) is 0 Å². The number of nitrogens with zero attached hydrogens (tertiary/aromatic N) is 3. The summed E-state index contributed by atoms with van der Waals surface area (Å²) in [5.41, 5.74) is 7.93. The first-order chi connectivity index (χ1) is 8.16. The molecule has 1 aromatic carbocycles. The fraction of sp³-hybridized carbons (Fsp3) is 0.300. The van der Waals surface area contributed by atoms with Crippen molar-refractivity contribution in [3.63, 3.8) is 0 Å². The van der Waals surface area contributed by atoms with Gasteiger partial charge in [-0.25, -0.2) is 4.39 Å². The number of carbonyl (C=O) groups is 1. The molecular formula is C10H10ClFN4O. The maximum Gasteiger partial charge on any atom is 0.254 e. The molecule has 1 N–H and O–H groups in total. The van der Waals surface area contributed by atoms with E-state index >= 15 is 0 Å². The summed E-state index contributed by atoms with van der Waals surface area (Å²) in [5, 5.41) is 5.72. The Kier molecular flexibility index (Phi) is 5.26. The monoisotopic (exact) mass is 256 g/mol. The molecule has 0 aromatic heterocycles. The number of carbonyl (C=O) groups excluding carboxylic acids is 1. The van der Waals surface area contributed by atoms with E-state index in [1.54, 1.807) is 0 Å². The Bertz CT molecular complexity index is 460. The lowest BCUT2D eigenvalue weighted by Crippen LogP contribution is -2.25. The van der Waals surface area contributed by atoms with Gasteiger partial charge in [0.2, 0.25) is 0 Å². The molecule has 1 rings (SSSR count). The summed E-state index contributed by atoms with van der Waals surface area (Å²) >= 11 is 5.55. The molecule has 0 spiro atoms. The summed E-state index contributed by atoms with van der Waals surface area (Å²) in [6.07, 6.45) is 0.498. The largest absolute Gasteiger partial charge is 0.352 e. The Morgan fingerprint density at radius 1 is 1.59 bits per heavy atom. The Hall–Kier alpha value is -1.78. The quantitative estimate of drug-likeness (QED) is 0.374. The zero-order chi connectivity index (χ0) is 12.7. The van der Waals surface area contributed by atoms with Crippen LogP contribution in [0.2, 0.25) is 5.02 Å². The molecule has 1 aromatic rings. The molecule has 7 heteroatoms. The van der Waals surface area contributed by atoms with E-state index < -0.39 is 11.7 Å². The first kappa shape index (κ1) is 13.3. The van der Waals surface area contributed by atoms with Gasteiger partial charge in [-0.05, 0) is 24.1 Å². The molecule has 0 aliphatic heterocycles. The van der Waals surface area contributed by atoms with Crippen LogP contribution in [0.25, 0.3) is 10.4 Å². The van der Waals surface area contributed by atoms with Crippen LogP contribution in [0.5, 0.6) is 0 Å². The van der Waals surface area contributed by atoms with Crippen LogP contribution in [0, 0.1) is 5.82 Å². The molecule has 0 atom stereocenters. The highest BCUT2D eigenvalue weighted by Gasteiger charge is 2.12. The van der Waals surface area contributed by atoms with Gasteiger partial charge >= 0.3 is 0 Å². The Morgan fingerprint density at radius 3 is 3.06 bits per heavy atom. The van der Waals surface area contributed by atoms with E-state index in [0.717, 1.165) is 0 Å². The maximum atomic E-state index is 13.4. The van der Waals surface area contributed by atoms with Crippen molar-refractivity contribution < 1.29 is 9.18 Å². The average molecular weight is 257 g/mol. The molecule has 17 heavy (non-hydrogen) atoms. The van der Waals surface area contributed by atoms with E-state index in [1.807, 2.05) is 0 Å². The molecule has 0 saturated carbocycles. The van der Waals surface area contributed by atoms with Crippen molar-refractivity contribution in [3.8, 4) is 0 Å². The van der Waals surface area contributed by atoms with Crippen molar-refractivity contribution in [2.24, 2.45) is 5.11 Å². The minimum atomic E-state index is -0.735. The normalized spacial score (nSPS) is 9.53. The van der Waals surface area contributed by atoms with Gasteiger partial charge in [0, 0.05) is 18.0 Å². The number of benzene rings is 1. The van der Waals surface area contributed by atoms with Gasteiger partial charge in [-0.15, -0.1) is 0 Å². The highest BCUT2D eigenvalue weighted by molar-refractivity contribution is 6.31. The molecule has 0 radical (unpaired) electrons. The third-order valence-electron chi connectivity index (χ3n) is 1.98. The summed E-state index contributed by atoms with van der Waals surface area (Å²) in [6, 6.07) is 4.22. The Labute approximate surface area is 102 Å². The van der Waals surface area contributed by atoms with E-state index in [-0.39, 0.29) is 17.1 Å². The lowest BCUT2D eigenvalue weighted by molar-refractivity contribution is 0.0949.